The number of pyridine rings is 1. The Morgan fingerprint density at radius 3 is 2.43 bits per heavy atom. The van der Waals surface area contributed by atoms with Crippen LogP contribution in [0.25, 0.3) is 16.7 Å². The third-order valence-corrected chi connectivity index (χ3v) is 3.18. The van der Waals surface area contributed by atoms with E-state index in [1.807, 2.05) is 20.8 Å². The molecule has 0 aliphatic heterocycles. The molecule has 2 aromatic heterocycles. The number of nitrogens with zero attached hydrogens (tertiary/aromatic N) is 3. The first-order valence-corrected chi connectivity index (χ1v) is 7.04. The monoisotopic (exact) mass is 325 g/mol. The number of hydrogen-bond donors (Lipinski definition) is 0. The Balaban J connectivity index is 0.000000924. The molecule has 0 spiro atoms. The van der Waals surface area contributed by atoms with Crippen molar-refractivity contribution in [2.24, 2.45) is 0 Å². The third-order valence-electron chi connectivity index (χ3n) is 3.18. The highest BCUT2D eigenvalue weighted by atomic mass is 19.4. The van der Waals surface area contributed by atoms with E-state index in [2.05, 4.69) is 10.1 Å². The van der Waals surface area contributed by atoms with Crippen molar-refractivity contribution < 1.29 is 17.6 Å². The van der Waals surface area contributed by atoms with Gasteiger partial charge in [0.25, 0.3) is 0 Å². The van der Waals surface area contributed by atoms with E-state index in [1.165, 1.54) is 12.4 Å². The lowest BCUT2D eigenvalue weighted by Gasteiger charge is -2.13. The molecular weight excluding hydrogens is 310 g/mol. The quantitative estimate of drug-likeness (QED) is 0.595. The van der Waals surface area contributed by atoms with Crippen LogP contribution in [0.3, 0.4) is 0 Å². The number of alkyl halides is 3. The Morgan fingerprint density at radius 2 is 1.78 bits per heavy atom. The molecule has 7 heteroatoms. The normalized spacial score (nSPS) is 11.3. The van der Waals surface area contributed by atoms with Crippen LogP contribution >= 0.6 is 0 Å². The lowest BCUT2D eigenvalue weighted by Crippen LogP contribution is -2.12. The fourth-order valence-corrected chi connectivity index (χ4v) is 2.15. The fourth-order valence-electron chi connectivity index (χ4n) is 2.15. The molecule has 1 aromatic carbocycles. The van der Waals surface area contributed by atoms with Gasteiger partial charge in [-0.05, 0) is 36.8 Å². The first-order chi connectivity index (χ1) is 10.9. The maximum Gasteiger partial charge on any atom is 0.418 e. The first-order valence-electron chi connectivity index (χ1n) is 7.04. The number of rotatable bonds is 1. The molecule has 3 aromatic rings. The van der Waals surface area contributed by atoms with Crippen LogP contribution in [0, 0.1) is 12.7 Å². The van der Waals surface area contributed by atoms with E-state index in [0.29, 0.717) is 17.1 Å². The van der Waals surface area contributed by atoms with Crippen molar-refractivity contribution in [2.45, 2.75) is 26.9 Å². The average Bonchev–Trinajstić information content (AvgIpc) is 2.94. The Kier molecular flexibility index (Phi) is 4.68. The summed E-state index contributed by atoms with van der Waals surface area (Å²) in [5, 5.41) is 4.61. The second kappa shape index (κ2) is 6.36. The number of aryl methyl sites for hydroxylation is 1. The Hall–Kier alpha value is -2.44. The zero-order valence-electron chi connectivity index (χ0n) is 12.8. The molecule has 0 saturated heterocycles. The van der Waals surface area contributed by atoms with Crippen molar-refractivity contribution in [3.63, 3.8) is 0 Å². The van der Waals surface area contributed by atoms with E-state index in [0.717, 1.165) is 22.4 Å². The summed E-state index contributed by atoms with van der Waals surface area (Å²) < 4.78 is 53.4. The molecule has 23 heavy (non-hydrogen) atoms. The van der Waals surface area contributed by atoms with Gasteiger partial charge in [-0.1, -0.05) is 13.8 Å². The molecule has 0 saturated carbocycles. The van der Waals surface area contributed by atoms with Gasteiger partial charge in [0, 0.05) is 11.6 Å². The lowest BCUT2D eigenvalue weighted by atomic mass is 10.1. The fraction of sp³-hybridized carbons (Fsp3) is 0.250. The first kappa shape index (κ1) is 16.9. The molecule has 0 N–H and O–H groups in total. The number of halogens is 4. The predicted octanol–water partition coefficient (Wildman–Crippen LogP) is 4.91. The maximum atomic E-state index is 13.2. The average molecular weight is 325 g/mol. The highest BCUT2D eigenvalue weighted by Crippen LogP contribution is 2.35. The van der Waals surface area contributed by atoms with E-state index in [9.17, 15) is 17.6 Å². The van der Waals surface area contributed by atoms with E-state index < -0.39 is 17.6 Å². The summed E-state index contributed by atoms with van der Waals surface area (Å²) in [4.78, 5) is 4.06. The topological polar surface area (TPSA) is 30.7 Å². The van der Waals surface area contributed by atoms with E-state index in [4.69, 9.17) is 0 Å². The maximum absolute atomic E-state index is 13.2. The molecule has 0 unspecified atom stereocenters. The summed E-state index contributed by atoms with van der Waals surface area (Å²) in [5.41, 5.74) is -0.193. The zero-order chi connectivity index (χ0) is 17.2. The molecule has 0 fully saturated rings. The van der Waals surface area contributed by atoms with Crippen LogP contribution in [-0.4, -0.2) is 14.8 Å². The van der Waals surface area contributed by atoms with Crippen LogP contribution in [0.15, 0.2) is 36.7 Å². The minimum absolute atomic E-state index is 0.253. The van der Waals surface area contributed by atoms with Crippen LogP contribution < -0.4 is 0 Å². The second-order valence-corrected chi connectivity index (χ2v) is 4.58. The summed E-state index contributed by atoms with van der Waals surface area (Å²) in [7, 11) is 0. The molecule has 0 bridgehead atoms. The molecule has 0 aliphatic carbocycles. The second-order valence-electron chi connectivity index (χ2n) is 4.58. The smallest absolute Gasteiger partial charge is 0.237 e. The molecule has 0 aliphatic rings. The van der Waals surface area contributed by atoms with Gasteiger partial charge in [-0.15, -0.1) is 0 Å². The Bertz CT molecular complexity index is 822. The predicted molar refractivity (Wildman–Crippen MR) is 79.9 cm³/mol. The van der Waals surface area contributed by atoms with Gasteiger partial charge < -0.3 is 0 Å². The highest BCUT2D eigenvalue weighted by molar-refractivity contribution is 5.79. The number of aromatic nitrogens is 3. The molecule has 122 valence electrons. The molecule has 0 radical (unpaired) electrons. The number of hydrogen-bond acceptors (Lipinski definition) is 2. The van der Waals surface area contributed by atoms with Crippen molar-refractivity contribution >= 4 is 11.0 Å². The van der Waals surface area contributed by atoms with Crippen LogP contribution in [0.5, 0.6) is 0 Å². The largest absolute Gasteiger partial charge is 0.418 e. The van der Waals surface area contributed by atoms with Gasteiger partial charge in [0.15, 0.2) is 5.65 Å². The Labute approximate surface area is 130 Å². The van der Waals surface area contributed by atoms with Crippen LogP contribution in [0.1, 0.15) is 25.0 Å². The molecular formula is C16H15F4N3. The molecule has 0 atom stereocenters. The zero-order valence-corrected chi connectivity index (χ0v) is 12.8. The molecule has 0 amide bonds. The van der Waals surface area contributed by atoms with Crippen molar-refractivity contribution in [2.75, 3.05) is 0 Å². The van der Waals surface area contributed by atoms with E-state index in [-0.39, 0.29) is 5.69 Å². The summed E-state index contributed by atoms with van der Waals surface area (Å²) in [5.74, 6) is -0.952. The third kappa shape index (κ3) is 3.18. The Morgan fingerprint density at radius 1 is 1.09 bits per heavy atom. The van der Waals surface area contributed by atoms with Crippen LogP contribution in [0.2, 0.25) is 0 Å². The molecule has 3 nitrogen and oxygen atoms in total. The number of fused-ring (bicyclic) bond motifs is 1. The SMILES string of the molecule is CC.Cc1ccnc2c1cnn2-c1ccc(F)cc1C(F)(F)F. The summed E-state index contributed by atoms with van der Waals surface area (Å²) in [6, 6.07) is 4.21. The highest BCUT2D eigenvalue weighted by Gasteiger charge is 2.35. The summed E-state index contributed by atoms with van der Waals surface area (Å²) in [6.45, 7) is 5.81. The van der Waals surface area contributed by atoms with E-state index >= 15 is 0 Å². The summed E-state index contributed by atoms with van der Waals surface area (Å²) in [6.07, 6.45) is -1.74. The van der Waals surface area contributed by atoms with E-state index in [1.54, 1.807) is 6.07 Å². The van der Waals surface area contributed by atoms with Gasteiger partial charge in [0.2, 0.25) is 0 Å². The lowest BCUT2D eigenvalue weighted by molar-refractivity contribution is -0.137. The van der Waals surface area contributed by atoms with Crippen LogP contribution in [0.4, 0.5) is 17.6 Å². The van der Waals surface area contributed by atoms with Crippen molar-refractivity contribution in [1.29, 1.82) is 0 Å². The van der Waals surface area contributed by atoms with Crippen molar-refractivity contribution in [3.8, 4) is 5.69 Å². The minimum atomic E-state index is -4.68. The minimum Gasteiger partial charge on any atom is -0.237 e. The summed E-state index contributed by atoms with van der Waals surface area (Å²) >= 11 is 0. The van der Waals surface area contributed by atoms with Crippen LogP contribution in [-0.2, 0) is 6.18 Å². The molecule has 2 heterocycles. The van der Waals surface area contributed by atoms with Crippen molar-refractivity contribution in [3.05, 3.63) is 53.6 Å². The van der Waals surface area contributed by atoms with Gasteiger partial charge in [0.1, 0.15) is 5.82 Å². The number of benzene rings is 1. The standard InChI is InChI=1S/C14H9F4N3.C2H6/c1-8-4-5-19-13-10(8)7-20-21(13)12-3-2-9(15)6-11(12)14(16,17)18;1-2/h2-7H,1H3;1-2H3. The van der Waals surface area contributed by atoms with Crippen molar-refractivity contribution in [1.82, 2.24) is 14.8 Å². The van der Waals surface area contributed by atoms with Gasteiger partial charge in [0.05, 0.1) is 17.4 Å². The van der Waals surface area contributed by atoms with Gasteiger partial charge in [-0.2, -0.15) is 18.3 Å². The van der Waals surface area contributed by atoms with Gasteiger partial charge in [-0.25, -0.2) is 14.1 Å². The van der Waals surface area contributed by atoms with Gasteiger partial charge >= 0.3 is 6.18 Å². The molecule has 3 rings (SSSR count). The van der Waals surface area contributed by atoms with Gasteiger partial charge in [-0.3, -0.25) is 0 Å².